The van der Waals surface area contributed by atoms with E-state index in [4.69, 9.17) is 14.2 Å². The topological polar surface area (TPSA) is 48.0 Å². The van der Waals surface area contributed by atoms with E-state index in [1.54, 1.807) is 12.0 Å². The Labute approximate surface area is 150 Å². The Morgan fingerprint density at radius 1 is 1.22 bits per heavy atom. The maximum atomic E-state index is 12.3. The van der Waals surface area contributed by atoms with Gasteiger partial charge in [0.25, 0.3) is 0 Å². The van der Waals surface area contributed by atoms with Gasteiger partial charge in [-0.3, -0.25) is 0 Å². The maximum Gasteiger partial charge on any atom is 0.410 e. The van der Waals surface area contributed by atoms with Crippen molar-refractivity contribution in [2.24, 2.45) is 5.92 Å². The van der Waals surface area contributed by atoms with E-state index in [1.165, 1.54) is 0 Å². The van der Waals surface area contributed by atoms with Crippen LogP contribution < -0.4 is 0 Å². The number of likely N-dealkylation sites (N-methyl/N-ethyl adjacent to an activating group) is 1. The Morgan fingerprint density at radius 3 is 2.13 bits per heavy atom. The zero-order chi connectivity index (χ0) is 18.3. The smallest absolute Gasteiger partial charge is 0.410 e. The van der Waals surface area contributed by atoms with Crippen LogP contribution in [0.4, 0.5) is 4.79 Å². The number of ether oxygens (including phenoxy) is 3. The number of methoxy groups -OCH3 is 1. The largest absolute Gasteiger partial charge is 0.444 e. The zero-order valence-corrected chi connectivity index (χ0v) is 17.5. The van der Waals surface area contributed by atoms with Crippen molar-refractivity contribution in [3.63, 3.8) is 0 Å². The Kier molecular flexibility index (Phi) is 9.70. The molecule has 0 radical (unpaired) electrons. The predicted octanol–water partition coefficient (Wildman–Crippen LogP) is 4.08. The van der Waals surface area contributed by atoms with Crippen molar-refractivity contribution in [3.8, 4) is 0 Å². The highest BCUT2D eigenvalue weighted by Crippen LogP contribution is 2.23. The summed E-state index contributed by atoms with van der Waals surface area (Å²) in [5, 5.41) is 0.617. The number of rotatable bonds is 9. The number of hydrogen-bond acceptors (Lipinski definition) is 4. The molecule has 0 rings (SSSR count). The molecule has 0 bridgehead atoms. The van der Waals surface area contributed by atoms with Gasteiger partial charge in [0, 0.05) is 19.0 Å². The Morgan fingerprint density at radius 2 is 1.78 bits per heavy atom. The molecule has 138 valence electrons. The van der Waals surface area contributed by atoms with Crippen molar-refractivity contribution in [1.29, 1.82) is 0 Å². The highest BCUT2D eigenvalue weighted by Gasteiger charge is 2.34. The molecular formula is C17H34BrNO4. The molecule has 0 aliphatic heterocycles. The fraction of sp³-hybridized carbons (Fsp3) is 0.941. The highest BCUT2D eigenvalue weighted by atomic mass is 79.9. The molecule has 0 fully saturated rings. The molecule has 0 N–H and O–H groups in total. The first kappa shape index (κ1) is 22.7. The van der Waals surface area contributed by atoms with Gasteiger partial charge in [-0.15, -0.1) is 0 Å². The summed E-state index contributed by atoms with van der Waals surface area (Å²) in [4.78, 5) is 14.0. The second-order valence-electron chi connectivity index (χ2n) is 7.43. The maximum absolute atomic E-state index is 12.3. The van der Waals surface area contributed by atoms with Crippen LogP contribution in [0.3, 0.4) is 0 Å². The second-order valence-corrected chi connectivity index (χ2v) is 7.99. The minimum atomic E-state index is -0.514. The lowest BCUT2D eigenvalue weighted by Gasteiger charge is -2.38. The van der Waals surface area contributed by atoms with Crippen LogP contribution in [0.25, 0.3) is 0 Å². The van der Waals surface area contributed by atoms with E-state index in [1.807, 2.05) is 34.6 Å². The third kappa shape index (κ3) is 8.91. The van der Waals surface area contributed by atoms with Crippen LogP contribution in [0.5, 0.6) is 0 Å². The van der Waals surface area contributed by atoms with Gasteiger partial charge in [-0.1, -0.05) is 29.8 Å². The summed E-state index contributed by atoms with van der Waals surface area (Å²) in [7, 11) is 1.67. The Bertz CT molecular complexity index is 357. The molecule has 6 heteroatoms. The molecule has 0 aromatic heterocycles. The number of nitrogens with zero attached hydrogens (tertiary/aromatic N) is 1. The fourth-order valence-electron chi connectivity index (χ4n) is 2.04. The molecule has 0 aromatic carbocycles. The lowest BCUT2D eigenvalue weighted by atomic mass is 10.0. The van der Waals surface area contributed by atoms with Gasteiger partial charge in [-0.2, -0.15) is 0 Å². The molecule has 5 nitrogen and oxygen atoms in total. The molecule has 2 unspecified atom stereocenters. The summed E-state index contributed by atoms with van der Waals surface area (Å²) < 4.78 is 17.0. The van der Waals surface area contributed by atoms with E-state index < -0.39 is 11.2 Å². The van der Waals surface area contributed by atoms with E-state index in [0.29, 0.717) is 30.9 Å². The lowest BCUT2D eigenvalue weighted by Crippen LogP contribution is -2.50. The van der Waals surface area contributed by atoms with Gasteiger partial charge in [0.1, 0.15) is 5.60 Å². The van der Waals surface area contributed by atoms with E-state index in [9.17, 15) is 4.79 Å². The van der Waals surface area contributed by atoms with E-state index in [0.717, 1.165) is 0 Å². The van der Waals surface area contributed by atoms with Crippen molar-refractivity contribution in [3.05, 3.63) is 0 Å². The molecule has 0 heterocycles. The summed E-state index contributed by atoms with van der Waals surface area (Å²) in [5.74, 6) is 0.324. The number of carbonyl (C=O) groups is 1. The molecule has 23 heavy (non-hydrogen) atoms. The number of carbonyl (C=O) groups excluding carboxylic acids is 1. The normalized spacial score (nSPS) is 16.1. The van der Waals surface area contributed by atoms with E-state index >= 15 is 0 Å². The molecule has 0 saturated carbocycles. The third-order valence-corrected chi connectivity index (χ3v) is 4.54. The number of amides is 1. The summed E-state index contributed by atoms with van der Waals surface area (Å²) >= 11 is 3.52. The van der Waals surface area contributed by atoms with Gasteiger partial charge < -0.3 is 19.1 Å². The summed E-state index contributed by atoms with van der Waals surface area (Å²) in [6.07, 6.45) is -0.344. The van der Waals surface area contributed by atoms with Crippen molar-refractivity contribution < 1.29 is 19.0 Å². The number of alkyl halides is 1. The molecule has 0 aromatic rings. The van der Waals surface area contributed by atoms with Crippen molar-refractivity contribution in [2.45, 2.75) is 65.8 Å². The predicted molar refractivity (Wildman–Crippen MR) is 97.3 cm³/mol. The van der Waals surface area contributed by atoms with Gasteiger partial charge >= 0.3 is 6.09 Å². The van der Waals surface area contributed by atoms with Gasteiger partial charge in [0.15, 0.2) is 0 Å². The molecule has 0 saturated heterocycles. The van der Waals surface area contributed by atoms with Crippen LogP contribution in [0.15, 0.2) is 0 Å². The van der Waals surface area contributed by atoms with Crippen molar-refractivity contribution in [2.75, 3.05) is 32.1 Å². The van der Waals surface area contributed by atoms with Crippen LogP contribution in [0.2, 0.25) is 0 Å². The quantitative estimate of drug-likeness (QED) is 0.551. The van der Waals surface area contributed by atoms with Gasteiger partial charge in [0.2, 0.25) is 0 Å². The highest BCUT2D eigenvalue weighted by molar-refractivity contribution is 9.09. The summed E-state index contributed by atoms with van der Waals surface area (Å²) in [5.41, 5.74) is -1.02. The monoisotopic (exact) mass is 395 g/mol. The average molecular weight is 396 g/mol. The first-order valence-corrected chi connectivity index (χ1v) is 9.30. The molecule has 1 amide bonds. The first-order chi connectivity index (χ1) is 10.5. The first-order valence-electron chi connectivity index (χ1n) is 8.18. The number of hydrogen-bond donors (Lipinski definition) is 0. The molecular weight excluding hydrogens is 362 g/mol. The standard InChI is InChI=1S/C17H34BrNO4/c1-9-19(15(20)23-16(4,5)6)12-17(7,11-18)22-14(10-21-8)13(2)3/h13-14H,9-12H2,1-8H3. The number of halogens is 1. The van der Waals surface area contributed by atoms with Crippen molar-refractivity contribution in [1.82, 2.24) is 4.90 Å². The Hall–Kier alpha value is -0.330. The second kappa shape index (κ2) is 9.84. The fourth-order valence-corrected chi connectivity index (χ4v) is 2.35. The van der Waals surface area contributed by atoms with Crippen molar-refractivity contribution >= 4 is 22.0 Å². The van der Waals surface area contributed by atoms with E-state index in [-0.39, 0.29) is 12.2 Å². The SMILES string of the molecule is CCN(CC(C)(CBr)OC(COC)C(C)C)C(=O)OC(C)(C)C. The zero-order valence-electron chi connectivity index (χ0n) is 15.9. The molecule has 0 spiro atoms. The van der Waals surface area contributed by atoms with Crippen LogP contribution in [-0.2, 0) is 14.2 Å². The van der Waals surface area contributed by atoms with Crippen LogP contribution >= 0.6 is 15.9 Å². The average Bonchev–Trinajstić information content (AvgIpc) is 2.42. The molecule has 2 atom stereocenters. The third-order valence-electron chi connectivity index (χ3n) is 3.35. The van der Waals surface area contributed by atoms with Gasteiger partial charge in [-0.05, 0) is 40.5 Å². The van der Waals surface area contributed by atoms with Gasteiger partial charge in [-0.25, -0.2) is 4.79 Å². The molecule has 0 aliphatic carbocycles. The minimum absolute atomic E-state index is 0.0279. The van der Waals surface area contributed by atoms with Crippen LogP contribution in [0.1, 0.15) is 48.5 Å². The summed E-state index contributed by atoms with van der Waals surface area (Å²) in [6, 6.07) is 0. The van der Waals surface area contributed by atoms with Gasteiger partial charge in [0.05, 0.1) is 24.9 Å². The Balaban J connectivity index is 5.00. The van der Waals surface area contributed by atoms with E-state index in [2.05, 4.69) is 29.8 Å². The summed E-state index contributed by atoms with van der Waals surface area (Å²) in [6.45, 7) is 15.3. The van der Waals surface area contributed by atoms with Crippen LogP contribution in [-0.4, -0.2) is 60.4 Å². The lowest BCUT2D eigenvalue weighted by molar-refractivity contribution is -0.120. The van der Waals surface area contributed by atoms with Crippen LogP contribution in [0, 0.1) is 5.92 Å². The molecule has 0 aliphatic rings. The minimum Gasteiger partial charge on any atom is -0.444 e.